The summed E-state index contributed by atoms with van der Waals surface area (Å²) in [4.78, 5) is 25.7. The number of amides is 2. The van der Waals surface area contributed by atoms with Crippen molar-refractivity contribution in [2.45, 2.75) is 33.2 Å². The number of nitrogens with zero attached hydrogens (tertiary/aromatic N) is 3. The Morgan fingerprint density at radius 3 is 2.95 bits per heavy atom. The highest BCUT2D eigenvalue weighted by Gasteiger charge is 2.43. The van der Waals surface area contributed by atoms with Crippen molar-refractivity contribution in [3.8, 4) is 0 Å². The van der Waals surface area contributed by atoms with Crippen LogP contribution in [0.15, 0.2) is 12.3 Å². The number of hydrogen-bond donors (Lipinski definition) is 1. The normalized spacial score (nSPS) is 21.4. The van der Waals surface area contributed by atoms with E-state index in [1.807, 2.05) is 6.92 Å². The van der Waals surface area contributed by atoms with Crippen molar-refractivity contribution in [3.05, 3.63) is 12.3 Å². The maximum absolute atomic E-state index is 12.3. The van der Waals surface area contributed by atoms with Crippen LogP contribution in [0.3, 0.4) is 0 Å². The molecule has 0 bridgehead atoms. The minimum atomic E-state index is -0.615. The molecule has 21 heavy (non-hydrogen) atoms. The molecule has 1 aromatic rings. The van der Waals surface area contributed by atoms with Gasteiger partial charge in [0.15, 0.2) is 0 Å². The van der Waals surface area contributed by atoms with Crippen molar-refractivity contribution >= 4 is 17.8 Å². The first-order valence-corrected chi connectivity index (χ1v) is 7.16. The average molecular weight is 294 g/mol. The molecular formula is C14H22N4O3. The lowest BCUT2D eigenvalue weighted by molar-refractivity contribution is -0.150. The number of carbonyl (C=O) groups excluding carboxylic acids is 2. The lowest BCUT2D eigenvalue weighted by atomic mass is 9.90. The fraction of sp³-hybridized carbons (Fsp3) is 0.643. The zero-order valence-corrected chi connectivity index (χ0v) is 12.8. The SMILES string of the molecule is CCCn1nccc1NC(=O)N1CCC(C)(C(=O)OC)C1. The topological polar surface area (TPSA) is 76.5 Å². The molecule has 1 aliphatic heterocycles. The summed E-state index contributed by atoms with van der Waals surface area (Å²) in [6, 6.07) is 1.56. The number of anilines is 1. The van der Waals surface area contributed by atoms with Crippen LogP contribution in [-0.4, -0.2) is 46.9 Å². The van der Waals surface area contributed by atoms with Gasteiger partial charge in [0.25, 0.3) is 0 Å². The number of hydrogen-bond acceptors (Lipinski definition) is 4. The lowest BCUT2D eigenvalue weighted by Crippen LogP contribution is -2.38. The smallest absolute Gasteiger partial charge is 0.323 e. The number of esters is 1. The third kappa shape index (κ3) is 3.17. The van der Waals surface area contributed by atoms with E-state index >= 15 is 0 Å². The number of methoxy groups -OCH3 is 1. The van der Waals surface area contributed by atoms with Gasteiger partial charge in [-0.1, -0.05) is 6.92 Å². The second-order valence-electron chi connectivity index (χ2n) is 5.59. The summed E-state index contributed by atoms with van der Waals surface area (Å²) in [6.07, 6.45) is 3.21. The van der Waals surface area contributed by atoms with Gasteiger partial charge in [0, 0.05) is 25.7 Å². The average Bonchev–Trinajstić information content (AvgIpc) is 3.06. The molecule has 0 radical (unpaired) electrons. The van der Waals surface area contributed by atoms with E-state index in [-0.39, 0.29) is 12.0 Å². The van der Waals surface area contributed by atoms with Crippen molar-refractivity contribution in [2.24, 2.45) is 5.41 Å². The van der Waals surface area contributed by atoms with Crippen LogP contribution < -0.4 is 5.32 Å². The van der Waals surface area contributed by atoms with Crippen LogP contribution in [0.1, 0.15) is 26.7 Å². The summed E-state index contributed by atoms with van der Waals surface area (Å²) >= 11 is 0. The third-order valence-corrected chi connectivity index (χ3v) is 3.83. The first-order chi connectivity index (χ1) is 10.00. The van der Waals surface area contributed by atoms with Crippen LogP contribution in [-0.2, 0) is 16.1 Å². The number of carbonyl (C=O) groups is 2. The Bertz CT molecular complexity index is 528. The van der Waals surface area contributed by atoms with Crippen LogP contribution in [0.25, 0.3) is 0 Å². The van der Waals surface area contributed by atoms with Gasteiger partial charge in [-0.3, -0.25) is 10.1 Å². The van der Waals surface area contributed by atoms with Gasteiger partial charge in [-0.2, -0.15) is 5.10 Å². The van der Waals surface area contributed by atoms with Crippen molar-refractivity contribution < 1.29 is 14.3 Å². The predicted molar refractivity (Wildman–Crippen MR) is 77.8 cm³/mol. The molecule has 2 amide bonds. The van der Waals surface area contributed by atoms with E-state index in [4.69, 9.17) is 4.74 Å². The molecule has 0 aromatic carbocycles. The van der Waals surface area contributed by atoms with Crippen molar-refractivity contribution in [2.75, 3.05) is 25.5 Å². The molecule has 2 rings (SSSR count). The number of urea groups is 1. The van der Waals surface area contributed by atoms with Crippen molar-refractivity contribution in [1.29, 1.82) is 0 Å². The zero-order chi connectivity index (χ0) is 15.5. The fourth-order valence-electron chi connectivity index (χ4n) is 2.56. The molecule has 0 aliphatic carbocycles. The monoisotopic (exact) mass is 294 g/mol. The van der Waals surface area contributed by atoms with Gasteiger partial charge in [-0.15, -0.1) is 0 Å². The number of aromatic nitrogens is 2. The number of ether oxygens (including phenoxy) is 1. The Balaban J connectivity index is 1.99. The van der Waals surface area contributed by atoms with Crippen LogP contribution in [0.4, 0.5) is 10.6 Å². The van der Waals surface area contributed by atoms with E-state index in [0.29, 0.717) is 25.3 Å². The number of rotatable bonds is 4. The van der Waals surface area contributed by atoms with Crippen LogP contribution in [0.2, 0.25) is 0 Å². The summed E-state index contributed by atoms with van der Waals surface area (Å²) in [5.41, 5.74) is -0.615. The maximum Gasteiger partial charge on any atom is 0.323 e. The molecule has 116 valence electrons. The Morgan fingerprint density at radius 1 is 1.52 bits per heavy atom. The van der Waals surface area contributed by atoms with Crippen LogP contribution >= 0.6 is 0 Å². The number of aryl methyl sites for hydroxylation is 1. The molecule has 7 heteroatoms. The molecule has 1 N–H and O–H groups in total. The largest absolute Gasteiger partial charge is 0.469 e. The third-order valence-electron chi connectivity index (χ3n) is 3.83. The zero-order valence-electron chi connectivity index (χ0n) is 12.8. The van der Waals surface area contributed by atoms with Gasteiger partial charge in [-0.25, -0.2) is 9.48 Å². The van der Waals surface area contributed by atoms with Crippen molar-refractivity contribution in [3.63, 3.8) is 0 Å². The Labute approximate surface area is 124 Å². The first-order valence-electron chi connectivity index (χ1n) is 7.16. The summed E-state index contributed by atoms with van der Waals surface area (Å²) < 4.78 is 6.57. The van der Waals surface area contributed by atoms with Gasteiger partial charge in [0.05, 0.1) is 18.7 Å². The Kier molecular flexibility index (Phi) is 4.50. The summed E-state index contributed by atoms with van der Waals surface area (Å²) in [7, 11) is 1.37. The molecule has 0 saturated carbocycles. The van der Waals surface area contributed by atoms with E-state index in [9.17, 15) is 9.59 Å². The highest BCUT2D eigenvalue weighted by atomic mass is 16.5. The summed E-state index contributed by atoms with van der Waals surface area (Å²) in [5, 5.41) is 7.01. The molecular weight excluding hydrogens is 272 g/mol. The van der Waals surface area contributed by atoms with E-state index in [1.54, 1.807) is 21.8 Å². The highest BCUT2D eigenvalue weighted by molar-refractivity contribution is 5.89. The van der Waals surface area contributed by atoms with Gasteiger partial charge < -0.3 is 9.64 Å². The minimum absolute atomic E-state index is 0.208. The molecule has 7 nitrogen and oxygen atoms in total. The van der Waals surface area contributed by atoms with E-state index in [0.717, 1.165) is 13.0 Å². The fourth-order valence-corrected chi connectivity index (χ4v) is 2.56. The van der Waals surface area contributed by atoms with Gasteiger partial charge in [0.1, 0.15) is 5.82 Å². The second-order valence-corrected chi connectivity index (χ2v) is 5.59. The van der Waals surface area contributed by atoms with Gasteiger partial charge >= 0.3 is 12.0 Å². The highest BCUT2D eigenvalue weighted by Crippen LogP contribution is 2.31. The number of likely N-dealkylation sites (tertiary alicyclic amines) is 1. The van der Waals surface area contributed by atoms with E-state index in [2.05, 4.69) is 17.3 Å². The summed E-state index contributed by atoms with van der Waals surface area (Å²) in [5.74, 6) is 0.405. The minimum Gasteiger partial charge on any atom is -0.469 e. The summed E-state index contributed by atoms with van der Waals surface area (Å²) in [6.45, 7) is 5.54. The first kappa shape index (κ1) is 15.3. The molecule has 1 aliphatic rings. The maximum atomic E-state index is 12.3. The van der Waals surface area contributed by atoms with Crippen molar-refractivity contribution in [1.82, 2.24) is 14.7 Å². The Morgan fingerprint density at radius 2 is 2.29 bits per heavy atom. The molecule has 1 aromatic heterocycles. The van der Waals surface area contributed by atoms with Crippen LogP contribution in [0.5, 0.6) is 0 Å². The molecule has 1 unspecified atom stereocenters. The Hall–Kier alpha value is -2.05. The van der Waals surface area contributed by atoms with Crippen LogP contribution in [0, 0.1) is 5.41 Å². The molecule has 1 fully saturated rings. The predicted octanol–water partition coefficient (Wildman–Crippen LogP) is 1.71. The number of nitrogens with one attached hydrogen (secondary N) is 1. The van der Waals surface area contributed by atoms with Gasteiger partial charge in [-0.05, 0) is 19.8 Å². The molecule has 2 heterocycles. The molecule has 0 spiro atoms. The molecule has 1 atom stereocenters. The van der Waals surface area contributed by atoms with Gasteiger partial charge in [0.2, 0.25) is 0 Å². The molecule has 1 saturated heterocycles. The van der Waals surface area contributed by atoms with E-state index in [1.165, 1.54) is 7.11 Å². The quantitative estimate of drug-likeness (QED) is 0.858. The lowest BCUT2D eigenvalue weighted by Gasteiger charge is -2.22. The van der Waals surface area contributed by atoms with E-state index < -0.39 is 5.41 Å². The second kappa shape index (κ2) is 6.15. The standard InChI is InChI=1S/C14H22N4O3/c1-4-8-18-11(5-7-15-18)16-13(20)17-9-6-14(2,10-17)12(19)21-3/h5,7H,4,6,8-10H2,1-3H3,(H,16,20).